The molecule has 2 aromatic rings. The topological polar surface area (TPSA) is 96.5 Å². The first-order valence-electron chi connectivity index (χ1n) is 8.93. The molecular formula is C18H24N6O3. The zero-order valence-electron chi connectivity index (χ0n) is 15.4. The number of likely N-dealkylation sites (N-methyl/N-ethyl adjacent to an activating group) is 1. The summed E-state index contributed by atoms with van der Waals surface area (Å²) in [4.78, 5) is 26.8. The minimum Gasteiger partial charge on any atom is -0.358 e. The maximum atomic E-state index is 12.0. The Labute approximate surface area is 157 Å². The van der Waals surface area contributed by atoms with Crippen LogP contribution in [0.15, 0.2) is 36.5 Å². The molecular weight excluding hydrogens is 348 g/mol. The van der Waals surface area contributed by atoms with E-state index in [9.17, 15) is 14.9 Å². The van der Waals surface area contributed by atoms with Crippen LogP contribution in [-0.4, -0.2) is 63.6 Å². The monoisotopic (exact) mass is 372 g/mol. The zero-order chi connectivity index (χ0) is 19.2. The Balaban J connectivity index is 1.43. The van der Waals surface area contributed by atoms with E-state index in [1.807, 2.05) is 12.1 Å². The first-order chi connectivity index (χ1) is 13.0. The van der Waals surface area contributed by atoms with Gasteiger partial charge in [-0.25, -0.2) is 0 Å². The van der Waals surface area contributed by atoms with Crippen molar-refractivity contribution in [2.24, 2.45) is 0 Å². The van der Waals surface area contributed by atoms with Gasteiger partial charge in [-0.3, -0.25) is 9.69 Å². The predicted octanol–water partition coefficient (Wildman–Crippen LogP) is 0.855. The molecule has 1 aliphatic rings. The summed E-state index contributed by atoms with van der Waals surface area (Å²) in [6, 6.07) is 9.49. The lowest BCUT2D eigenvalue weighted by atomic mass is 10.1. The van der Waals surface area contributed by atoms with Gasteiger partial charge >= 0.3 is 5.82 Å². The fourth-order valence-electron chi connectivity index (χ4n) is 2.97. The number of carbonyl (C=O) groups excluding carboxylic acids is 1. The Bertz CT molecular complexity index is 781. The van der Waals surface area contributed by atoms with Crippen LogP contribution >= 0.6 is 0 Å². The second-order valence-electron chi connectivity index (χ2n) is 6.80. The summed E-state index contributed by atoms with van der Waals surface area (Å²) in [5.41, 5.74) is 2.27. The van der Waals surface area contributed by atoms with Crippen molar-refractivity contribution in [3.63, 3.8) is 0 Å². The van der Waals surface area contributed by atoms with Gasteiger partial charge in [-0.05, 0) is 23.1 Å². The number of nitro groups is 1. The molecule has 9 heteroatoms. The number of nitrogens with one attached hydrogen (secondary N) is 1. The zero-order valence-corrected chi connectivity index (χ0v) is 15.4. The fraction of sp³-hybridized carbons (Fsp3) is 0.444. The molecule has 2 heterocycles. The van der Waals surface area contributed by atoms with Crippen LogP contribution in [0.5, 0.6) is 0 Å². The summed E-state index contributed by atoms with van der Waals surface area (Å²) in [5, 5.41) is 17.1. The molecule has 1 aromatic heterocycles. The van der Waals surface area contributed by atoms with Crippen molar-refractivity contribution in [1.29, 1.82) is 0 Å². The van der Waals surface area contributed by atoms with Crippen molar-refractivity contribution in [3.05, 3.63) is 57.8 Å². The van der Waals surface area contributed by atoms with E-state index in [4.69, 9.17) is 0 Å². The predicted molar refractivity (Wildman–Crippen MR) is 99.9 cm³/mol. The maximum absolute atomic E-state index is 12.0. The molecule has 1 amide bonds. The first kappa shape index (κ1) is 19.0. The lowest BCUT2D eigenvalue weighted by molar-refractivity contribution is -0.389. The highest BCUT2D eigenvalue weighted by molar-refractivity contribution is 5.75. The SMILES string of the molecule is CN1CCN(Cc2ccc(CNC(=O)Cn3ccc([N+](=O)[O-])n3)cc2)CC1. The van der Waals surface area contributed by atoms with Crippen molar-refractivity contribution >= 4 is 11.7 Å². The number of carbonyl (C=O) groups is 1. The Morgan fingerprint density at radius 3 is 2.44 bits per heavy atom. The van der Waals surface area contributed by atoms with Crippen molar-refractivity contribution in [2.45, 2.75) is 19.6 Å². The lowest BCUT2D eigenvalue weighted by Crippen LogP contribution is -2.43. The Morgan fingerprint density at radius 2 is 1.81 bits per heavy atom. The second kappa shape index (κ2) is 8.74. The van der Waals surface area contributed by atoms with Gasteiger partial charge in [-0.15, -0.1) is 0 Å². The van der Waals surface area contributed by atoms with E-state index in [0.717, 1.165) is 38.3 Å². The van der Waals surface area contributed by atoms with Crippen LogP contribution < -0.4 is 5.32 Å². The van der Waals surface area contributed by atoms with Gasteiger partial charge in [0.25, 0.3) is 0 Å². The molecule has 1 N–H and O–H groups in total. The number of benzene rings is 1. The normalized spacial score (nSPS) is 15.6. The largest absolute Gasteiger partial charge is 0.389 e. The van der Waals surface area contributed by atoms with Crippen LogP contribution in [0.4, 0.5) is 5.82 Å². The average Bonchev–Trinajstić information content (AvgIpc) is 3.12. The third-order valence-electron chi connectivity index (χ3n) is 4.63. The number of hydrogen-bond donors (Lipinski definition) is 1. The molecule has 0 aliphatic carbocycles. The molecule has 0 atom stereocenters. The molecule has 27 heavy (non-hydrogen) atoms. The number of aromatic nitrogens is 2. The highest BCUT2D eigenvalue weighted by Gasteiger charge is 2.14. The Kier molecular flexibility index (Phi) is 6.15. The molecule has 1 aliphatic heterocycles. The van der Waals surface area contributed by atoms with Gasteiger partial charge in [-0.1, -0.05) is 24.3 Å². The molecule has 9 nitrogen and oxygen atoms in total. The molecule has 0 radical (unpaired) electrons. The highest BCUT2D eigenvalue weighted by Crippen LogP contribution is 2.10. The van der Waals surface area contributed by atoms with E-state index in [1.54, 1.807) is 0 Å². The number of nitrogens with zero attached hydrogens (tertiary/aromatic N) is 5. The minimum absolute atomic E-state index is 0.0463. The smallest absolute Gasteiger partial charge is 0.358 e. The maximum Gasteiger partial charge on any atom is 0.389 e. The van der Waals surface area contributed by atoms with E-state index in [2.05, 4.69) is 39.4 Å². The molecule has 1 fully saturated rings. The summed E-state index contributed by atoms with van der Waals surface area (Å²) < 4.78 is 1.26. The molecule has 0 spiro atoms. The van der Waals surface area contributed by atoms with Crippen LogP contribution in [0.3, 0.4) is 0 Å². The van der Waals surface area contributed by atoms with E-state index in [-0.39, 0.29) is 18.3 Å². The van der Waals surface area contributed by atoms with Gasteiger partial charge in [0.05, 0.1) is 17.4 Å². The van der Waals surface area contributed by atoms with Crippen LogP contribution in [0.2, 0.25) is 0 Å². The fourth-order valence-corrected chi connectivity index (χ4v) is 2.97. The van der Waals surface area contributed by atoms with Crippen LogP contribution in [0, 0.1) is 10.1 Å². The second-order valence-corrected chi connectivity index (χ2v) is 6.80. The van der Waals surface area contributed by atoms with Crippen molar-refractivity contribution < 1.29 is 9.72 Å². The lowest BCUT2D eigenvalue weighted by Gasteiger charge is -2.32. The molecule has 3 rings (SSSR count). The molecule has 1 aromatic carbocycles. The number of rotatable bonds is 7. The highest BCUT2D eigenvalue weighted by atomic mass is 16.6. The molecule has 1 saturated heterocycles. The number of piperazine rings is 1. The van der Waals surface area contributed by atoms with Gasteiger partial charge in [-0.2, -0.15) is 4.68 Å². The van der Waals surface area contributed by atoms with Gasteiger partial charge in [0, 0.05) is 39.3 Å². The molecule has 144 valence electrons. The minimum atomic E-state index is -0.585. The molecule has 0 unspecified atom stereocenters. The number of hydrogen-bond acceptors (Lipinski definition) is 6. The van der Waals surface area contributed by atoms with E-state index in [1.165, 1.54) is 22.5 Å². The van der Waals surface area contributed by atoms with Crippen molar-refractivity contribution in [1.82, 2.24) is 24.9 Å². The summed E-state index contributed by atoms with van der Waals surface area (Å²) in [6.45, 7) is 5.68. The Morgan fingerprint density at radius 1 is 1.15 bits per heavy atom. The van der Waals surface area contributed by atoms with Crippen LogP contribution in [0.25, 0.3) is 0 Å². The van der Waals surface area contributed by atoms with Crippen molar-refractivity contribution in [3.8, 4) is 0 Å². The van der Waals surface area contributed by atoms with E-state index in [0.29, 0.717) is 6.54 Å². The summed E-state index contributed by atoms with van der Waals surface area (Å²) in [5.74, 6) is -0.506. The summed E-state index contributed by atoms with van der Waals surface area (Å²) >= 11 is 0. The summed E-state index contributed by atoms with van der Waals surface area (Å²) in [7, 11) is 2.15. The molecule has 0 bridgehead atoms. The van der Waals surface area contributed by atoms with E-state index >= 15 is 0 Å². The van der Waals surface area contributed by atoms with E-state index < -0.39 is 4.92 Å². The van der Waals surface area contributed by atoms with Crippen molar-refractivity contribution in [2.75, 3.05) is 33.2 Å². The van der Waals surface area contributed by atoms with Crippen LogP contribution in [-0.2, 0) is 24.4 Å². The molecule has 0 saturated carbocycles. The van der Waals surface area contributed by atoms with Gasteiger partial charge in [0.15, 0.2) is 0 Å². The third kappa shape index (κ3) is 5.60. The first-order valence-corrected chi connectivity index (χ1v) is 8.93. The summed E-state index contributed by atoms with van der Waals surface area (Å²) in [6.07, 6.45) is 1.42. The Hall–Kier alpha value is -2.78. The van der Waals surface area contributed by atoms with Gasteiger partial charge in [0.1, 0.15) is 6.54 Å². The quantitative estimate of drug-likeness (QED) is 0.572. The van der Waals surface area contributed by atoms with Gasteiger partial charge in [0.2, 0.25) is 5.91 Å². The van der Waals surface area contributed by atoms with Crippen LogP contribution in [0.1, 0.15) is 11.1 Å². The standard InChI is InChI=1S/C18H24N6O3/c1-21-8-10-22(11-9-21)13-16-4-2-15(3-5-16)12-19-18(25)14-23-7-6-17(20-23)24(26)27/h2-7H,8-14H2,1H3,(H,19,25). The van der Waals surface area contributed by atoms with Gasteiger partial charge < -0.3 is 20.3 Å². The average molecular weight is 372 g/mol. The number of amides is 1. The third-order valence-corrected chi connectivity index (χ3v) is 4.63.